The number of halogens is 1. The van der Waals surface area contributed by atoms with Gasteiger partial charge in [-0.2, -0.15) is 0 Å². The van der Waals surface area contributed by atoms with E-state index in [2.05, 4.69) is 39.9 Å². The third-order valence-corrected chi connectivity index (χ3v) is 5.26. The molecule has 1 N–H and O–H groups in total. The van der Waals surface area contributed by atoms with Gasteiger partial charge in [0.05, 0.1) is 16.8 Å². The first-order chi connectivity index (χ1) is 12.1. The summed E-state index contributed by atoms with van der Waals surface area (Å²) in [6, 6.07) is 14.6. The van der Waals surface area contributed by atoms with Crippen LogP contribution in [0.3, 0.4) is 0 Å². The molecule has 0 radical (unpaired) electrons. The van der Waals surface area contributed by atoms with Gasteiger partial charge in [-0.1, -0.05) is 24.3 Å². The van der Waals surface area contributed by atoms with E-state index in [9.17, 15) is 9.59 Å². The number of piperazine rings is 1. The number of carbonyl (C=O) groups is 2. The van der Waals surface area contributed by atoms with Gasteiger partial charge in [0.2, 0.25) is 0 Å². The maximum atomic E-state index is 12.9. The minimum absolute atomic E-state index is 0.0354. The standard InChI is InChI=1S/C19H20IN3O2/c1-22-10-12-23(13-11-22)19(25)15-7-3-5-9-17(15)21-18(24)14-6-2-4-8-16(14)20/h2-9H,10-13H2,1H3,(H,21,24). The van der Waals surface area contributed by atoms with Crippen LogP contribution >= 0.6 is 22.6 Å². The summed E-state index contributed by atoms with van der Waals surface area (Å²) < 4.78 is 0.875. The molecule has 0 saturated carbocycles. The van der Waals surface area contributed by atoms with Gasteiger partial charge in [-0.05, 0) is 53.9 Å². The van der Waals surface area contributed by atoms with Crippen LogP contribution in [0, 0.1) is 3.57 Å². The van der Waals surface area contributed by atoms with E-state index in [1.54, 1.807) is 18.2 Å². The number of para-hydroxylation sites is 1. The van der Waals surface area contributed by atoms with Gasteiger partial charge >= 0.3 is 0 Å². The minimum Gasteiger partial charge on any atom is -0.336 e. The lowest BCUT2D eigenvalue weighted by molar-refractivity contribution is 0.0665. The summed E-state index contributed by atoms with van der Waals surface area (Å²) in [6.45, 7) is 3.13. The van der Waals surface area contributed by atoms with E-state index in [1.807, 2.05) is 35.2 Å². The quantitative estimate of drug-likeness (QED) is 0.734. The average Bonchev–Trinajstić information content (AvgIpc) is 2.62. The second-order valence-electron chi connectivity index (χ2n) is 6.08. The molecule has 1 aliphatic rings. The second kappa shape index (κ2) is 7.97. The molecule has 1 aliphatic heterocycles. The Morgan fingerprint density at radius 3 is 2.20 bits per heavy atom. The predicted octanol–water partition coefficient (Wildman–Crippen LogP) is 2.93. The van der Waals surface area contributed by atoms with Gasteiger partial charge in [0.1, 0.15) is 0 Å². The van der Waals surface area contributed by atoms with Gasteiger partial charge < -0.3 is 15.1 Å². The van der Waals surface area contributed by atoms with Gasteiger partial charge in [0.25, 0.3) is 11.8 Å². The fourth-order valence-corrected chi connectivity index (χ4v) is 3.43. The third-order valence-electron chi connectivity index (χ3n) is 4.31. The van der Waals surface area contributed by atoms with Crippen LogP contribution < -0.4 is 5.32 Å². The Balaban J connectivity index is 1.80. The van der Waals surface area contributed by atoms with E-state index in [0.717, 1.165) is 16.7 Å². The van der Waals surface area contributed by atoms with Gasteiger partial charge in [0.15, 0.2) is 0 Å². The highest BCUT2D eigenvalue weighted by Gasteiger charge is 2.23. The van der Waals surface area contributed by atoms with Gasteiger partial charge in [-0.3, -0.25) is 9.59 Å². The van der Waals surface area contributed by atoms with Crippen LogP contribution in [0.5, 0.6) is 0 Å². The van der Waals surface area contributed by atoms with E-state index in [-0.39, 0.29) is 11.8 Å². The molecule has 1 saturated heterocycles. The second-order valence-corrected chi connectivity index (χ2v) is 7.24. The van der Waals surface area contributed by atoms with Crippen molar-refractivity contribution in [3.8, 4) is 0 Å². The third kappa shape index (κ3) is 4.19. The number of hydrogen-bond donors (Lipinski definition) is 1. The summed E-state index contributed by atoms with van der Waals surface area (Å²) in [5.74, 6) is -0.240. The van der Waals surface area contributed by atoms with Crippen LogP contribution in [0.4, 0.5) is 5.69 Å². The average molecular weight is 449 g/mol. The zero-order chi connectivity index (χ0) is 17.8. The normalized spacial score (nSPS) is 15.0. The zero-order valence-electron chi connectivity index (χ0n) is 14.0. The first-order valence-electron chi connectivity index (χ1n) is 8.19. The van der Waals surface area contributed by atoms with Gasteiger partial charge in [-0.25, -0.2) is 0 Å². The summed E-state index contributed by atoms with van der Waals surface area (Å²) in [5, 5.41) is 2.89. The van der Waals surface area contributed by atoms with Crippen molar-refractivity contribution in [2.75, 3.05) is 38.5 Å². The lowest BCUT2D eigenvalue weighted by atomic mass is 10.1. The summed E-state index contributed by atoms with van der Waals surface area (Å²) >= 11 is 2.14. The summed E-state index contributed by atoms with van der Waals surface area (Å²) in [7, 11) is 2.05. The van der Waals surface area contributed by atoms with E-state index >= 15 is 0 Å². The molecule has 2 aromatic rings. The van der Waals surface area contributed by atoms with Crippen molar-refractivity contribution in [3.63, 3.8) is 0 Å². The monoisotopic (exact) mass is 449 g/mol. The van der Waals surface area contributed by atoms with Crippen LogP contribution in [-0.2, 0) is 0 Å². The fraction of sp³-hybridized carbons (Fsp3) is 0.263. The molecule has 3 rings (SSSR count). The van der Waals surface area contributed by atoms with Crippen LogP contribution in [0.2, 0.25) is 0 Å². The van der Waals surface area contributed by atoms with Crippen molar-refractivity contribution >= 4 is 40.1 Å². The van der Waals surface area contributed by atoms with E-state index in [0.29, 0.717) is 29.9 Å². The molecule has 0 aromatic heterocycles. The highest BCUT2D eigenvalue weighted by atomic mass is 127. The molecule has 25 heavy (non-hydrogen) atoms. The molecule has 130 valence electrons. The maximum absolute atomic E-state index is 12.9. The lowest BCUT2D eigenvalue weighted by Gasteiger charge is -2.32. The Morgan fingerprint density at radius 2 is 1.52 bits per heavy atom. The number of hydrogen-bond acceptors (Lipinski definition) is 3. The Morgan fingerprint density at radius 1 is 0.920 bits per heavy atom. The van der Waals surface area contributed by atoms with E-state index in [1.165, 1.54) is 0 Å². The Kier molecular flexibility index (Phi) is 5.70. The Bertz CT molecular complexity index is 786. The molecule has 0 bridgehead atoms. The van der Waals surface area contributed by atoms with E-state index in [4.69, 9.17) is 0 Å². The molecular formula is C19H20IN3O2. The van der Waals surface area contributed by atoms with Crippen molar-refractivity contribution in [2.45, 2.75) is 0 Å². The predicted molar refractivity (Wildman–Crippen MR) is 107 cm³/mol. The Labute approximate surface area is 161 Å². The number of nitrogens with one attached hydrogen (secondary N) is 1. The number of nitrogens with zero attached hydrogens (tertiary/aromatic N) is 2. The topological polar surface area (TPSA) is 52.6 Å². The molecular weight excluding hydrogens is 429 g/mol. The van der Waals surface area contributed by atoms with Crippen LogP contribution in [0.25, 0.3) is 0 Å². The van der Waals surface area contributed by atoms with Gasteiger partial charge in [0, 0.05) is 29.7 Å². The van der Waals surface area contributed by atoms with Crippen molar-refractivity contribution in [2.24, 2.45) is 0 Å². The van der Waals surface area contributed by atoms with Crippen molar-refractivity contribution in [1.29, 1.82) is 0 Å². The van der Waals surface area contributed by atoms with Crippen molar-refractivity contribution in [3.05, 3.63) is 63.2 Å². The molecule has 2 aromatic carbocycles. The highest BCUT2D eigenvalue weighted by Crippen LogP contribution is 2.20. The van der Waals surface area contributed by atoms with Crippen LogP contribution in [-0.4, -0.2) is 54.8 Å². The minimum atomic E-state index is -0.205. The van der Waals surface area contributed by atoms with Gasteiger partial charge in [-0.15, -0.1) is 0 Å². The van der Waals surface area contributed by atoms with E-state index < -0.39 is 0 Å². The number of carbonyl (C=O) groups excluding carboxylic acids is 2. The van der Waals surface area contributed by atoms with Crippen molar-refractivity contribution in [1.82, 2.24) is 9.80 Å². The Hall–Kier alpha value is -1.93. The number of anilines is 1. The van der Waals surface area contributed by atoms with Crippen molar-refractivity contribution < 1.29 is 9.59 Å². The number of amides is 2. The first-order valence-corrected chi connectivity index (χ1v) is 9.27. The molecule has 1 heterocycles. The summed E-state index contributed by atoms with van der Waals surface area (Å²) in [5.41, 5.74) is 1.69. The molecule has 2 amide bonds. The number of benzene rings is 2. The SMILES string of the molecule is CN1CCN(C(=O)c2ccccc2NC(=O)c2ccccc2I)CC1. The molecule has 0 unspecified atom stereocenters. The number of likely N-dealkylation sites (N-methyl/N-ethyl adjacent to an activating group) is 1. The fourth-order valence-electron chi connectivity index (χ4n) is 2.79. The zero-order valence-corrected chi connectivity index (χ0v) is 16.2. The number of rotatable bonds is 3. The molecule has 5 nitrogen and oxygen atoms in total. The molecule has 0 spiro atoms. The molecule has 6 heteroatoms. The summed E-state index contributed by atoms with van der Waals surface area (Å²) in [6.07, 6.45) is 0. The first kappa shape index (κ1) is 17.9. The molecule has 0 aliphatic carbocycles. The summed E-state index contributed by atoms with van der Waals surface area (Å²) in [4.78, 5) is 29.5. The molecule has 0 atom stereocenters. The highest BCUT2D eigenvalue weighted by molar-refractivity contribution is 14.1. The molecule has 1 fully saturated rings. The maximum Gasteiger partial charge on any atom is 0.256 e. The smallest absolute Gasteiger partial charge is 0.256 e. The lowest BCUT2D eigenvalue weighted by Crippen LogP contribution is -2.47. The van der Waals surface area contributed by atoms with Crippen LogP contribution in [0.15, 0.2) is 48.5 Å². The van der Waals surface area contributed by atoms with Crippen LogP contribution in [0.1, 0.15) is 20.7 Å². The largest absolute Gasteiger partial charge is 0.336 e.